The Kier molecular flexibility index (Phi) is 5.04. The van der Waals surface area contributed by atoms with Crippen molar-refractivity contribution in [3.63, 3.8) is 0 Å². The summed E-state index contributed by atoms with van der Waals surface area (Å²) in [6, 6.07) is 4.44. The number of hydrogen-bond donors (Lipinski definition) is 1. The summed E-state index contributed by atoms with van der Waals surface area (Å²) in [7, 11) is 0. The van der Waals surface area contributed by atoms with E-state index in [1.165, 1.54) is 22.3 Å². The fraction of sp³-hybridized carbons (Fsp3) is 0.455. The highest BCUT2D eigenvalue weighted by Gasteiger charge is 2.01. The topological polar surface area (TPSA) is 26.0 Å². The molecule has 1 nitrogen and oxygen atoms in total. The summed E-state index contributed by atoms with van der Waals surface area (Å²) in [6.07, 6.45) is 0.998. The Morgan fingerprint density at radius 2 is 1.54 bits per heavy atom. The van der Waals surface area contributed by atoms with Crippen LogP contribution >= 0.6 is 12.4 Å². The number of halogens is 1. The smallest absolute Gasteiger partial charge is 0.00365 e. The van der Waals surface area contributed by atoms with Crippen molar-refractivity contribution in [1.82, 2.24) is 0 Å². The van der Waals surface area contributed by atoms with Crippen molar-refractivity contribution in [3.05, 3.63) is 34.4 Å². The molecule has 0 amide bonds. The summed E-state index contributed by atoms with van der Waals surface area (Å²) in [5, 5.41) is 0. The minimum Gasteiger partial charge on any atom is -0.330 e. The first kappa shape index (κ1) is 12.5. The van der Waals surface area contributed by atoms with Gasteiger partial charge in [0.25, 0.3) is 0 Å². The lowest BCUT2D eigenvalue weighted by Crippen LogP contribution is -2.06. The zero-order valence-corrected chi connectivity index (χ0v) is 9.37. The van der Waals surface area contributed by atoms with Crippen LogP contribution in [0.4, 0.5) is 0 Å². The maximum Gasteiger partial charge on any atom is -0.00365 e. The Morgan fingerprint density at radius 1 is 1.08 bits per heavy atom. The van der Waals surface area contributed by atoms with E-state index in [2.05, 4.69) is 32.9 Å². The van der Waals surface area contributed by atoms with Gasteiger partial charge in [-0.25, -0.2) is 0 Å². The largest absolute Gasteiger partial charge is 0.330 e. The van der Waals surface area contributed by atoms with Crippen molar-refractivity contribution in [3.8, 4) is 0 Å². The van der Waals surface area contributed by atoms with Gasteiger partial charge in [-0.15, -0.1) is 12.4 Å². The molecule has 13 heavy (non-hydrogen) atoms. The molecule has 0 spiro atoms. The zero-order chi connectivity index (χ0) is 9.14. The van der Waals surface area contributed by atoms with Crippen molar-refractivity contribution in [1.29, 1.82) is 0 Å². The third-order valence-corrected chi connectivity index (χ3v) is 2.23. The summed E-state index contributed by atoms with van der Waals surface area (Å²) < 4.78 is 0. The monoisotopic (exact) mass is 199 g/mol. The van der Waals surface area contributed by atoms with E-state index in [4.69, 9.17) is 5.73 Å². The minimum atomic E-state index is 0. The van der Waals surface area contributed by atoms with E-state index in [1.54, 1.807) is 0 Å². The lowest BCUT2D eigenvalue weighted by atomic mass is 9.97. The molecule has 74 valence electrons. The molecule has 1 rings (SSSR count). The second-order valence-corrected chi connectivity index (χ2v) is 3.42. The Balaban J connectivity index is 0.00000144. The molecule has 0 radical (unpaired) electrons. The lowest BCUT2D eigenvalue weighted by Gasteiger charge is -2.09. The molecule has 0 aliphatic rings. The molecular weight excluding hydrogens is 182 g/mol. The molecule has 0 fully saturated rings. The van der Waals surface area contributed by atoms with Crippen LogP contribution in [-0.2, 0) is 6.42 Å². The van der Waals surface area contributed by atoms with E-state index in [-0.39, 0.29) is 12.4 Å². The molecular formula is C11H18ClN. The van der Waals surface area contributed by atoms with Gasteiger partial charge in [-0.05, 0) is 50.4 Å². The molecule has 0 saturated heterocycles. The van der Waals surface area contributed by atoms with E-state index < -0.39 is 0 Å². The standard InChI is InChI=1S/C11H17N.ClH/c1-8-6-9(2)11(4-5-12)10(3)7-8;/h6-7H,4-5,12H2,1-3H3;1H. The van der Waals surface area contributed by atoms with E-state index in [0.717, 1.165) is 13.0 Å². The Hall–Kier alpha value is -0.530. The summed E-state index contributed by atoms with van der Waals surface area (Å²) >= 11 is 0. The van der Waals surface area contributed by atoms with Crippen LogP contribution in [0.15, 0.2) is 12.1 Å². The van der Waals surface area contributed by atoms with E-state index in [1.807, 2.05) is 0 Å². The van der Waals surface area contributed by atoms with Gasteiger partial charge in [0.05, 0.1) is 0 Å². The number of benzene rings is 1. The third-order valence-electron chi connectivity index (χ3n) is 2.23. The molecule has 0 aliphatic carbocycles. The maximum atomic E-state index is 5.54. The molecule has 0 unspecified atom stereocenters. The molecule has 0 heterocycles. The average molecular weight is 200 g/mol. The Morgan fingerprint density at radius 3 is 1.92 bits per heavy atom. The second-order valence-electron chi connectivity index (χ2n) is 3.42. The Bertz CT molecular complexity index is 258. The van der Waals surface area contributed by atoms with Crippen molar-refractivity contribution < 1.29 is 0 Å². The highest BCUT2D eigenvalue weighted by molar-refractivity contribution is 5.85. The van der Waals surface area contributed by atoms with Gasteiger partial charge in [-0.2, -0.15) is 0 Å². The van der Waals surface area contributed by atoms with E-state index in [0.29, 0.717) is 0 Å². The molecule has 0 bridgehead atoms. The van der Waals surface area contributed by atoms with Crippen LogP contribution in [0, 0.1) is 20.8 Å². The molecule has 0 aliphatic heterocycles. The SMILES string of the molecule is Cc1cc(C)c(CCN)c(C)c1.Cl. The molecule has 0 aromatic heterocycles. The van der Waals surface area contributed by atoms with Crippen LogP contribution in [0.1, 0.15) is 22.3 Å². The number of nitrogens with two attached hydrogens (primary N) is 1. The number of hydrogen-bond acceptors (Lipinski definition) is 1. The summed E-state index contributed by atoms with van der Waals surface area (Å²) in [5.41, 5.74) is 11.0. The van der Waals surface area contributed by atoms with Crippen LogP contribution in [0.5, 0.6) is 0 Å². The van der Waals surface area contributed by atoms with Gasteiger partial charge in [0.1, 0.15) is 0 Å². The fourth-order valence-corrected chi connectivity index (χ4v) is 1.75. The quantitative estimate of drug-likeness (QED) is 0.779. The van der Waals surface area contributed by atoms with Crippen molar-refractivity contribution >= 4 is 12.4 Å². The van der Waals surface area contributed by atoms with Gasteiger partial charge in [0, 0.05) is 0 Å². The van der Waals surface area contributed by atoms with E-state index >= 15 is 0 Å². The normalized spacial score (nSPS) is 9.54. The van der Waals surface area contributed by atoms with Gasteiger partial charge in [0.15, 0.2) is 0 Å². The predicted octanol–water partition coefficient (Wildman–Crippen LogP) is 2.53. The van der Waals surface area contributed by atoms with Gasteiger partial charge in [-0.1, -0.05) is 17.7 Å². The first-order valence-electron chi connectivity index (χ1n) is 4.42. The van der Waals surface area contributed by atoms with Crippen LogP contribution in [0.2, 0.25) is 0 Å². The van der Waals surface area contributed by atoms with Gasteiger partial charge >= 0.3 is 0 Å². The van der Waals surface area contributed by atoms with Crippen molar-refractivity contribution in [2.75, 3.05) is 6.54 Å². The van der Waals surface area contributed by atoms with Crippen LogP contribution in [0.25, 0.3) is 0 Å². The van der Waals surface area contributed by atoms with Crippen molar-refractivity contribution in [2.24, 2.45) is 5.73 Å². The first-order chi connectivity index (χ1) is 5.65. The maximum absolute atomic E-state index is 5.54. The van der Waals surface area contributed by atoms with Crippen LogP contribution in [0.3, 0.4) is 0 Å². The molecule has 2 heteroatoms. The summed E-state index contributed by atoms with van der Waals surface area (Å²) in [4.78, 5) is 0. The summed E-state index contributed by atoms with van der Waals surface area (Å²) in [6.45, 7) is 7.19. The van der Waals surface area contributed by atoms with Crippen molar-refractivity contribution in [2.45, 2.75) is 27.2 Å². The highest BCUT2D eigenvalue weighted by atomic mass is 35.5. The minimum absolute atomic E-state index is 0. The second kappa shape index (κ2) is 5.25. The number of rotatable bonds is 2. The molecule has 1 aromatic carbocycles. The lowest BCUT2D eigenvalue weighted by molar-refractivity contribution is 0.944. The molecule has 0 atom stereocenters. The van der Waals surface area contributed by atoms with Gasteiger partial charge < -0.3 is 5.73 Å². The first-order valence-corrected chi connectivity index (χ1v) is 4.42. The van der Waals surface area contributed by atoms with E-state index in [9.17, 15) is 0 Å². The van der Waals surface area contributed by atoms with Crippen LogP contribution in [-0.4, -0.2) is 6.54 Å². The zero-order valence-electron chi connectivity index (χ0n) is 8.55. The highest BCUT2D eigenvalue weighted by Crippen LogP contribution is 2.16. The Labute approximate surface area is 86.7 Å². The number of aryl methyl sites for hydroxylation is 3. The average Bonchev–Trinajstić information content (AvgIpc) is 1.96. The molecule has 0 saturated carbocycles. The van der Waals surface area contributed by atoms with Gasteiger partial charge in [-0.3, -0.25) is 0 Å². The van der Waals surface area contributed by atoms with Crippen LogP contribution < -0.4 is 5.73 Å². The molecule has 2 N–H and O–H groups in total. The van der Waals surface area contributed by atoms with Gasteiger partial charge in [0.2, 0.25) is 0 Å². The molecule has 1 aromatic rings. The predicted molar refractivity (Wildman–Crippen MR) is 60.7 cm³/mol. The summed E-state index contributed by atoms with van der Waals surface area (Å²) in [5.74, 6) is 0. The third kappa shape index (κ3) is 3.02. The fourth-order valence-electron chi connectivity index (χ4n) is 1.75.